The number of aromatic nitrogens is 1. The molecule has 1 aromatic heterocycles. The van der Waals surface area contributed by atoms with E-state index in [0.29, 0.717) is 16.7 Å². The Morgan fingerprint density at radius 3 is 2.91 bits per heavy atom. The van der Waals surface area contributed by atoms with Crippen molar-refractivity contribution in [1.29, 1.82) is 0 Å². The molecule has 0 saturated carbocycles. The van der Waals surface area contributed by atoms with Gasteiger partial charge in [-0.1, -0.05) is 29.8 Å². The summed E-state index contributed by atoms with van der Waals surface area (Å²) in [5.41, 5.74) is 1.15. The second kappa shape index (κ2) is 9.60. The third-order valence-corrected chi connectivity index (χ3v) is 4.59. The van der Waals surface area contributed by atoms with Gasteiger partial charge in [-0.15, -0.1) is 0 Å². The molecule has 0 bridgehead atoms. The van der Waals surface area contributed by atoms with Gasteiger partial charge >= 0.3 is 0 Å². The Morgan fingerprint density at radius 2 is 2.13 bits per heavy atom. The van der Waals surface area contributed by atoms with Crippen LogP contribution in [0, 0.1) is 0 Å². The van der Waals surface area contributed by atoms with Crippen molar-refractivity contribution in [2.45, 2.75) is 5.75 Å². The number of thioether (sulfide) groups is 1. The third kappa shape index (κ3) is 5.89. The van der Waals surface area contributed by atoms with Crippen LogP contribution in [0.25, 0.3) is 0 Å². The normalized spacial score (nSPS) is 10.2. The molecule has 7 heteroatoms. The second-order valence-corrected chi connectivity index (χ2v) is 6.50. The zero-order valence-electron chi connectivity index (χ0n) is 12.7. The van der Waals surface area contributed by atoms with Gasteiger partial charge in [0, 0.05) is 29.3 Å². The standard InChI is InChI=1S/C16H18ClN3OS2/c1-21-14-7-4-8-18-15(14)20-16(22)19-9-10-23-11-12-5-2-3-6-13(12)17/h2-8H,9-11H2,1H3,(H2,18,19,20,22). The fraction of sp³-hybridized carbons (Fsp3) is 0.250. The van der Waals surface area contributed by atoms with Crippen molar-refractivity contribution in [2.24, 2.45) is 0 Å². The van der Waals surface area contributed by atoms with Gasteiger partial charge < -0.3 is 15.4 Å². The van der Waals surface area contributed by atoms with Gasteiger partial charge in [0.05, 0.1) is 7.11 Å². The van der Waals surface area contributed by atoms with E-state index in [4.69, 9.17) is 28.6 Å². The number of thiocarbonyl (C=S) groups is 1. The number of nitrogens with one attached hydrogen (secondary N) is 2. The highest BCUT2D eigenvalue weighted by molar-refractivity contribution is 7.98. The highest BCUT2D eigenvalue weighted by atomic mass is 35.5. The van der Waals surface area contributed by atoms with Gasteiger partial charge in [0.15, 0.2) is 16.7 Å². The number of ether oxygens (including phenoxy) is 1. The molecule has 2 rings (SSSR count). The van der Waals surface area contributed by atoms with Crippen molar-refractivity contribution in [2.75, 3.05) is 24.7 Å². The Balaban J connectivity index is 1.68. The Labute approximate surface area is 151 Å². The number of nitrogens with zero attached hydrogens (tertiary/aromatic N) is 1. The first kappa shape index (κ1) is 17.8. The van der Waals surface area contributed by atoms with Crippen LogP contribution in [-0.4, -0.2) is 29.5 Å². The predicted molar refractivity (Wildman–Crippen MR) is 103 cm³/mol. The van der Waals surface area contributed by atoms with E-state index in [1.54, 1.807) is 25.1 Å². The molecular weight excluding hydrogens is 350 g/mol. The van der Waals surface area contributed by atoms with Crippen LogP contribution in [0.3, 0.4) is 0 Å². The zero-order chi connectivity index (χ0) is 16.5. The van der Waals surface area contributed by atoms with Gasteiger partial charge in [-0.05, 0) is 36.0 Å². The van der Waals surface area contributed by atoms with Crippen LogP contribution in [0.5, 0.6) is 5.75 Å². The van der Waals surface area contributed by atoms with E-state index < -0.39 is 0 Å². The van der Waals surface area contributed by atoms with Gasteiger partial charge in [-0.3, -0.25) is 0 Å². The molecule has 1 heterocycles. The van der Waals surface area contributed by atoms with E-state index in [0.717, 1.165) is 28.6 Å². The van der Waals surface area contributed by atoms with Crippen LogP contribution in [0.15, 0.2) is 42.6 Å². The Bertz CT molecular complexity index is 655. The highest BCUT2D eigenvalue weighted by Crippen LogP contribution is 2.21. The highest BCUT2D eigenvalue weighted by Gasteiger charge is 2.05. The van der Waals surface area contributed by atoms with Crippen LogP contribution in [0.1, 0.15) is 5.56 Å². The summed E-state index contributed by atoms with van der Waals surface area (Å²) in [5, 5.41) is 7.53. The van der Waals surface area contributed by atoms with E-state index in [2.05, 4.69) is 15.6 Å². The maximum absolute atomic E-state index is 6.13. The average molecular weight is 368 g/mol. The second-order valence-electron chi connectivity index (χ2n) is 4.58. The quantitative estimate of drug-likeness (QED) is 0.570. The summed E-state index contributed by atoms with van der Waals surface area (Å²) >= 11 is 13.2. The Morgan fingerprint density at radius 1 is 1.30 bits per heavy atom. The molecule has 0 saturated heterocycles. The molecule has 0 atom stereocenters. The summed E-state index contributed by atoms with van der Waals surface area (Å²) < 4.78 is 5.22. The largest absolute Gasteiger partial charge is 0.493 e. The lowest BCUT2D eigenvalue weighted by Crippen LogP contribution is -2.30. The number of hydrogen-bond donors (Lipinski definition) is 2. The molecule has 2 N–H and O–H groups in total. The summed E-state index contributed by atoms with van der Waals surface area (Å²) in [7, 11) is 1.60. The molecule has 0 aliphatic carbocycles. The van der Waals surface area contributed by atoms with Crippen LogP contribution in [0.4, 0.5) is 5.82 Å². The lowest BCUT2D eigenvalue weighted by atomic mass is 10.2. The van der Waals surface area contributed by atoms with Crippen LogP contribution < -0.4 is 15.4 Å². The van der Waals surface area contributed by atoms with E-state index in [-0.39, 0.29) is 0 Å². The van der Waals surface area contributed by atoms with Gasteiger partial charge in [-0.2, -0.15) is 11.8 Å². The summed E-state index contributed by atoms with van der Waals surface area (Å²) in [6.07, 6.45) is 1.69. The van der Waals surface area contributed by atoms with Crippen molar-refractivity contribution in [3.8, 4) is 5.75 Å². The van der Waals surface area contributed by atoms with Crippen molar-refractivity contribution < 1.29 is 4.74 Å². The minimum absolute atomic E-state index is 0.528. The number of methoxy groups -OCH3 is 1. The minimum atomic E-state index is 0.528. The summed E-state index contributed by atoms with van der Waals surface area (Å²) in [6, 6.07) is 11.5. The van der Waals surface area contributed by atoms with Gasteiger partial charge in [-0.25, -0.2) is 4.98 Å². The molecule has 0 spiro atoms. The molecule has 0 aliphatic heterocycles. The van der Waals surface area contributed by atoms with Crippen molar-refractivity contribution in [1.82, 2.24) is 10.3 Å². The molecular formula is C16H18ClN3OS2. The number of hydrogen-bond acceptors (Lipinski definition) is 4. The SMILES string of the molecule is COc1cccnc1NC(=S)NCCSCc1ccccc1Cl. The molecule has 23 heavy (non-hydrogen) atoms. The van der Waals surface area contributed by atoms with Crippen molar-refractivity contribution in [3.63, 3.8) is 0 Å². The Kier molecular flexibility index (Phi) is 7.45. The van der Waals surface area contributed by atoms with Crippen LogP contribution >= 0.6 is 35.6 Å². The zero-order valence-corrected chi connectivity index (χ0v) is 15.1. The summed E-state index contributed by atoms with van der Waals surface area (Å²) in [4.78, 5) is 4.20. The summed E-state index contributed by atoms with van der Waals surface area (Å²) in [5.74, 6) is 3.07. The molecule has 0 unspecified atom stereocenters. The molecule has 4 nitrogen and oxygen atoms in total. The van der Waals surface area contributed by atoms with Gasteiger partial charge in [0.25, 0.3) is 0 Å². The number of rotatable bonds is 7. The number of halogens is 1. The topological polar surface area (TPSA) is 46.2 Å². The number of pyridine rings is 1. The van der Waals surface area contributed by atoms with Gasteiger partial charge in [0.1, 0.15) is 0 Å². The van der Waals surface area contributed by atoms with E-state index >= 15 is 0 Å². The average Bonchev–Trinajstić information content (AvgIpc) is 2.56. The number of benzene rings is 1. The first-order chi connectivity index (χ1) is 11.2. The lowest BCUT2D eigenvalue weighted by molar-refractivity contribution is 0.415. The van der Waals surface area contributed by atoms with E-state index in [1.807, 2.05) is 36.4 Å². The minimum Gasteiger partial charge on any atom is -0.493 e. The lowest BCUT2D eigenvalue weighted by Gasteiger charge is -2.12. The smallest absolute Gasteiger partial charge is 0.174 e. The Hall–Kier alpha value is -1.50. The molecule has 0 radical (unpaired) electrons. The van der Waals surface area contributed by atoms with Crippen LogP contribution in [0.2, 0.25) is 5.02 Å². The van der Waals surface area contributed by atoms with Crippen LogP contribution in [-0.2, 0) is 5.75 Å². The van der Waals surface area contributed by atoms with Crippen molar-refractivity contribution in [3.05, 3.63) is 53.2 Å². The predicted octanol–water partition coefficient (Wildman–Crippen LogP) is 3.96. The molecule has 1 aromatic carbocycles. The molecule has 2 aromatic rings. The fourth-order valence-electron chi connectivity index (χ4n) is 1.84. The maximum atomic E-state index is 6.13. The first-order valence-electron chi connectivity index (χ1n) is 7.05. The molecule has 0 aliphatic rings. The van der Waals surface area contributed by atoms with Gasteiger partial charge in [0.2, 0.25) is 0 Å². The molecule has 0 fully saturated rings. The maximum Gasteiger partial charge on any atom is 0.174 e. The monoisotopic (exact) mass is 367 g/mol. The van der Waals surface area contributed by atoms with E-state index in [1.165, 1.54) is 0 Å². The third-order valence-electron chi connectivity index (χ3n) is 2.97. The number of anilines is 1. The molecule has 122 valence electrons. The summed E-state index contributed by atoms with van der Waals surface area (Å²) in [6.45, 7) is 0.760. The first-order valence-corrected chi connectivity index (χ1v) is 9.00. The van der Waals surface area contributed by atoms with Crippen molar-refractivity contribution >= 4 is 46.5 Å². The molecule has 0 amide bonds. The van der Waals surface area contributed by atoms with E-state index in [9.17, 15) is 0 Å². The fourth-order valence-corrected chi connectivity index (χ4v) is 3.18.